The SMILES string of the molecule is CN1CC=CC(NC(=O)OCc2ccccc2)=CC1. The Balaban J connectivity index is 1.81. The van der Waals surface area contributed by atoms with Crippen molar-refractivity contribution in [3.8, 4) is 0 Å². The van der Waals surface area contributed by atoms with Crippen molar-refractivity contribution in [1.82, 2.24) is 10.2 Å². The summed E-state index contributed by atoms with van der Waals surface area (Å²) in [6, 6.07) is 9.62. The van der Waals surface area contributed by atoms with E-state index in [1.165, 1.54) is 0 Å². The first kappa shape index (κ1) is 13.4. The van der Waals surface area contributed by atoms with Gasteiger partial charge in [0.05, 0.1) is 0 Å². The average molecular weight is 258 g/mol. The molecular weight excluding hydrogens is 240 g/mol. The molecule has 4 heteroatoms. The quantitative estimate of drug-likeness (QED) is 0.904. The molecule has 1 aromatic rings. The number of carbonyl (C=O) groups excluding carboxylic acids is 1. The van der Waals surface area contributed by atoms with Gasteiger partial charge in [-0.25, -0.2) is 4.79 Å². The van der Waals surface area contributed by atoms with Crippen molar-refractivity contribution in [2.24, 2.45) is 0 Å². The number of hydrogen-bond donors (Lipinski definition) is 1. The normalized spacial score (nSPS) is 15.5. The fourth-order valence-electron chi connectivity index (χ4n) is 1.73. The molecule has 0 aliphatic carbocycles. The Morgan fingerprint density at radius 3 is 2.89 bits per heavy atom. The molecule has 1 amide bonds. The Bertz CT molecular complexity index is 480. The summed E-state index contributed by atoms with van der Waals surface area (Å²) in [5, 5.41) is 2.74. The number of carbonyl (C=O) groups is 1. The summed E-state index contributed by atoms with van der Waals surface area (Å²) in [7, 11) is 2.03. The molecule has 0 saturated heterocycles. The summed E-state index contributed by atoms with van der Waals surface area (Å²) >= 11 is 0. The van der Waals surface area contributed by atoms with Gasteiger partial charge in [-0.1, -0.05) is 36.4 Å². The summed E-state index contributed by atoms with van der Waals surface area (Å²) in [4.78, 5) is 13.8. The fraction of sp³-hybridized carbons (Fsp3) is 0.267. The zero-order valence-electron chi connectivity index (χ0n) is 11.0. The minimum absolute atomic E-state index is 0.281. The number of nitrogens with one attached hydrogen (secondary N) is 1. The van der Waals surface area contributed by atoms with Crippen LogP contribution >= 0.6 is 0 Å². The molecule has 1 aliphatic rings. The monoisotopic (exact) mass is 258 g/mol. The molecular formula is C15H18N2O2. The number of nitrogens with zero attached hydrogens (tertiary/aromatic N) is 1. The molecule has 0 saturated carbocycles. The minimum Gasteiger partial charge on any atom is -0.444 e. The number of allylic oxidation sites excluding steroid dienone is 1. The van der Waals surface area contributed by atoms with Crippen LogP contribution in [0.3, 0.4) is 0 Å². The minimum atomic E-state index is -0.427. The van der Waals surface area contributed by atoms with E-state index in [1.54, 1.807) is 0 Å². The second-order valence-corrected chi connectivity index (χ2v) is 4.47. The summed E-state index contributed by atoms with van der Waals surface area (Å²) in [6.07, 6.45) is 5.45. The van der Waals surface area contributed by atoms with E-state index in [2.05, 4.69) is 10.2 Å². The van der Waals surface area contributed by atoms with E-state index in [1.807, 2.05) is 55.6 Å². The number of amides is 1. The third-order valence-electron chi connectivity index (χ3n) is 2.80. The first-order valence-electron chi connectivity index (χ1n) is 6.27. The molecule has 1 aromatic carbocycles. The van der Waals surface area contributed by atoms with Gasteiger partial charge in [-0.15, -0.1) is 0 Å². The second-order valence-electron chi connectivity index (χ2n) is 4.47. The number of alkyl carbamates (subject to hydrolysis) is 1. The average Bonchev–Trinajstić information content (AvgIpc) is 2.63. The van der Waals surface area contributed by atoms with Crippen LogP contribution in [-0.2, 0) is 11.3 Å². The standard InChI is InChI=1S/C15H18N2O2/c1-17-10-5-8-14(9-11-17)16-15(18)19-12-13-6-3-2-4-7-13/h2-9H,10-12H2,1H3,(H,16,18). The van der Waals surface area contributed by atoms with E-state index in [4.69, 9.17) is 4.74 Å². The summed E-state index contributed by atoms with van der Waals surface area (Å²) < 4.78 is 5.16. The van der Waals surface area contributed by atoms with Crippen molar-refractivity contribution < 1.29 is 9.53 Å². The zero-order valence-corrected chi connectivity index (χ0v) is 11.0. The van der Waals surface area contributed by atoms with E-state index in [0.29, 0.717) is 0 Å². The maximum atomic E-state index is 11.7. The van der Waals surface area contributed by atoms with E-state index >= 15 is 0 Å². The van der Waals surface area contributed by atoms with Gasteiger partial charge in [0.25, 0.3) is 0 Å². The molecule has 100 valence electrons. The molecule has 1 aliphatic heterocycles. The lowest BCUT2D eigenvalue weighted by Gasteiger charge is -2.09. The summed E-state index contributed by atoms with van der Waals surface area (Å²) in [6.45, 7) is 1.96. The highest BCUT2D eigenvalue weighted by molar-refractivity contribution is 5.70. The van der Waals surface area contributed by atoms with E-state index in [9.17, 15) is 4.79 Å². The zero-order chi connectivity index (χ0) is 13.5. The molecule has 0 spiro atoms. The van der Waals surface area contributed by atoms with Gasteiger partial charge in [-0.05, 0) is 24.8 Å². The van der Waals surface area contributed by atoms with Crippen LogP contribution in [0.15, 0.2) is 54.3 Å². The second kappa shape index (κ2) is 6.75. The van der Waals surface area contributed by atoms with E-state index < -0.39 is 6.09 Å². The van der Waals surface area contributed by atoms with Gasteiger partial charge < -0.3 is 4.74 Å². The van der Waals surface area contributed by atoms with Crippen LogP contribution in [0.1, 0.15) is 5.56 Å². The Labute approximate surface area is 113 Å². The van der Waals surface area contributed by atoms with Gasteiger partial charge in [0, 0.05) is 18.8 Å². The number of likely N-dealkylation sites (N-methyl/N-ethyl adjacent to an activating group) is 1. The van der Waals surface area contributed by atoms with Crippen LogP contribution in [0.4, 0.5) is 4.79 Å². The molecule has 0 aromatic heterocycles. The first-order valence-corrected chi connectivity index (χ1v) is 6.27. The molecule has 1 N–H and O–H groups in total. The molecule has 0 radical (unpaired) electrons. The Hall–Kier alpha value is -2.07. The highest BCUT2D eigenvalue weighted by Gasteiger charge is 2.06. The third-order valence-corrected chi connectivity index (χ3v) is 2.80. The molecule has 2 rings (SSSR count). The van der Waals surface area contributed by atoms with Crippen LogP contribution in [0.5, 0.6) is 0 Å². The predicted molar refractivity (Wildman–Crippen MR) is 74.5 cm³/mol. The van der Waals surface area contributed by atoms with Crippen LogP contribution in [-0.4, -0.2) is 31.1 Å². The van der Waals surface area contributed by atoms with Crippen molar-refractivity contribution in [3.63, 3.8) is 0 Å². The van der Waals surface area contributed by atoms with Crippen LogP contribution < -0.4 is 5.32 Å². The number of hydrogen-bond acceptors (Lipinski definition) is 3. The Morgan fingerprint density at radius 1 is 1.32 bits per heavy atom. The molecule has 0 bridgehead atoms. The van der Waals surface area contributed by atoms with E-state index in [-0.39, 0.29) is 6.61 Å². The van der Waals surface area contributed by atoms with Gasteiger partial charge in [0.1, 0.15) is 6.61 Å². The maximum absolute atomic E-state index is 11.7. The number of ether oxygens (including phenoxy) is 1. The van der Waals surface area contributed by atoms with Crippen LogP contribution in [0, 0.1) is 0 Å². The lowest BCUT2D eigenvalue weighted by molar-refractivity contribution is 0.143. The summed E-state index contributed by atoms with van der Waals surface area (Å²) in [5.41, 5.74) is 1.75. The van der Waals surface area contributed by atoms with Gasteiger partial charge in [0.2, 0.25) is 0 Å². The van der Waals surface area contributed by atoms with Crippen molar-refractivity contribution in [1.29, 1.82) is 0 Å². The number of rotatable bonds is 3. The highest BCUT2D eigenvalue weighted by atomic mass is 16.5. The van der Waals surface area contributed by atoms with Crippen LogP contribution in [0.2, 0.25) is 0 Å². The lowest BCUT2D eigenvalue weighted by atomic mass is 10.2. The first-order chi connectivity index (χ1) is 9.24. The third kappa shape index (κ3) is 4.60. The molecule has 0 fully saturated rings. The van der Waals surface area contributed by atoms with Gasteiger partial charge in [-0.2, -0.15) is 0 Å². The molecule has 19 heavy (non-hydrogen) atoms. The van der Waals surface area contributed by atoms with Gasteiger partial charge >= 0.3 is 6.09 Å². The van der Waals surface area contributed by atoms with Crippen molar-refractivity contribution >= 4 is 6.09 Å². The van der Waals surface area contributed by atoms with Crippen LogP contribution in [0.25, 0.3) is 0 Å². The molecule has 4 nitrogen and oxygen atoms in total. The van der Waals surface area contributed by atoms with Crippen molar-refractivity contribution in [3.05, 3.63) is 59.8 Å². The molecule has 0 atom stereocenters. The Kier molecular flexibility index (Phi) is 4.75. The van der Waals surface area contributed by atoms with Gasteiger partial charge in [-0.3, -0.25) is 10.2 Å². The van der Waals surface area contributed by atoms with Crippen molar-refractivity contribution in [2.75, 3.05) is 20.1 Å². The van der Waals surface area contributed by atoms with E-state index in [0.717, 1.165) is 24.4 Å². The number of benzene rings is 1. The van der Waals surface area contributed by atoms with Gasteiger partial charge in [0.15, 0.2) is 0 Å². The lowest BCUT2D eigenvalue weighted by Crippen LogP contribution is -2.23. The highest BCUT2D eigenvalue weighted by Crippen LogP contribution is 2.03. The van der Waals surface area contributed by atoms with Crippen molar-refractivity contribution in [2.45, 2.75) is 6.61 Å². The molecule has 0 unspecified atom stereocenters. The Morgan fingerprint density at radius 2 is 2.11 bits per heavy atom. The fourth-order valence-corrected chi connectivity index (χ4v) is 1.73. The largest absolute Gasteiger partial charge is 0.444 e. The molecule has 1 heterocycles. The maximum Gasteiger partial charge on any atom is 0.411 e. The smallest absolute Gasteiger partial charge is 0.411 e. The predicted octanol–water partition coefficient (Wildman–Crippen LogP) is 2.30. The summed E-state index contributed by atoms with van der Waals surface area (Å²) in [5.74, 6) is 0. The topological polar surface area (TPSA) is 41.6 Å².